The fourth-order valence-corrected chi connectivity index (χ4v) is 3.92. The molecule has 3 N–H and O–H groups in total. The Morgan fingerprint density at radius 1 is 1.36 bits per heavy atom. The lowest BCUT2D eigenvalue weighted by molar-refractivity contribution is 0.0595. The first-order valence-corrected chi connectivity index (χ1v) is 10.8. The number of aryl methyl sites for hydroxylation is 2. The summed E-state index contributed by atoms with van der Waals surface area (Å²) in [4.78, 5) is 16.5. The van der Waals surface area contributed by atoms with Crippen LogP contribution in [-0.4, -0.2) is 33.9 Å². The van der Waals surface area contributed by atoms with Gasteiger partial charge in [0.1, 0.15) is 11.9 Å². The van der Waals surface area contributed by atoms with Gasteiger partial charge in [0, 0.05) is 42.5 Å². The normalized spacial score (nSPS) is 14.2. The topological polar surface area (TPSA) is 104 Å². The van der Waals surface area contributed by atoms with Crippen LogP contribution < -0.4 is 15.8 Å². The molecule has 0 radical (unpaired) electrons. The number of anilines is 1. The average Bonchev–Trinajstić information content (AvgIpc) is 3.57. The van der Waals surface area contributed by atoms with E-state index in [1.54, 1.807) is 13.1 Å². The number of pyridine rings is 1. The summed E-state index contributed by atoms with van der Waals surface area (Å²) in [6.07, 6.45) is 3.49. The first-order valence-electron chi connectivity index (χ1n) is 10.8. The lowest BCUT2D eigenvalue weighted by Crippen LogP contribution is -2.18. The molecule has 9 heteroatoms. The van der Waals surface area contributed by atoms with Crippen LogP contribution in [0.3, 0.4) is 0 Å². The van der Waals surface area contributed by atoms with Gasteiger partial charge in [-0.15, -0.1) is 0 Å². The van der Waals surface area contributed by atoms with Crippen LogP contribution in [0, 0.1) is 12.7 Å². The van der Waals surface area contributed by atoms with Crippen LogP contribution in [0.4, 0.5) is 10.2 Å². The summed E-state index contributed by atoms with van der Waals surface area (Å²) in [5.74, 6) is -0.594. The zero-order chi connectivity index (χ0) is 23.7. The van der Waals surface area contributed by atoms with E-state index in [0.29, 0.717) is 23.9 Å². The highest BCUT2D eigenvalue weighted by Gasteiger charge is 2.24. The summed E-state index contributed by atoms with van der Waals surface area (Å²) in [6, 6.07) is 6.31. The summed E-state index contributed by atoms with van der Waals surface area (Å²) >= 11 is 0. The van der Waals surface area contributed by atoms with Gasteiger partial charge < -0.3 is 20.5 Å². The van der Waals surface area contributed by atoms with Crippen LogP contribution in [0.25, 0.3) is 11.1 Å². The number of nitrogen functional groups attached to an aromatic ring is 1. The van der Waals surface area contributed by atoms with Crippen molar-refractivity contribution in [2.45, 2.75) is 45.4 Å². The predicted octanol–water partition coefficient (Wildman–Crippen LogP) is 3.69. The van der Waals surface area contributed by atoms with Gasteiger partial charge in [-0.3, -0.25) is 4.68 Å². The van der Waals surface area contributed by atoms with E-state index in [0.717, 1.165) is 28.6 Å². The second-order valence-electron chi connectivity index (χ2n) is 8.28. The smallest absolute Gasteiger partial charge is 0.338 e. The van der Waals surface area contributed by atoms with Gasteiger partial charge in [-0.05, 0) is 44.9 Å². The van der Waals surface area contributed by atoms with Gasteiger partial charge in [0.25, 0.3) is 0 Å². The maximum Gasteiger partial charge on any atom is 0.338 e. The third-order valence-corrected chi connectivity index (χ3v) is 5.81. The third-order valence-electron chi connectivity index (χ3n) is 5.81. The molecule has 0 bridgehead atoms. The summed E-state index contributed by atoms with van der Waals surface area (Å²) < 4.78 is 26.5. The average molecular weight is 454 g/mol. The number of hydrogen-bond donors (Lipinski definition) is 2. The number of carbonyl (C=O) groups excluding carboxylic acids is 1. The van der Waals surface area contributed by atoms with Gasteiger partial charge in [0.05, 0.1) is 24.1 Å². The van der Waals surface area contributed by atoms with Crippen LogP contribution in [-0.2, 0) is 18.3 Å². The molecule has 3 aromatic rings. The number of methoxy groups -OCH3 is 1. The number of ether oxygens (including phenoxy) is 2. The summed E-state index contributed by atoms with van der Waals surface area (Å²) in [6.45, 7) is 4.41. The van der Waals surface area contributed by atoms with E-state index in [4.69, 9.17) is 15.2 Å². The Balaban J connectivity index is 1.65. The molecule has 2 aromatic heterocycles. The number of hydrogen-bond acceptors (Lipinski definition) is 7. The Labute approximate surface area is 191 Å². The van der Waals surface area contributed by atoms with E-state index in [9.17, 15) is 9.18 Å². The minimum absolute atomic E-state index is 0.101. The molecular weight excluding hydrogens is 425 g/mol. The molecule has 8 nitrogen and oxygen atoms in total. The molecule has 1 aliphatic rings. The number of rotatable bonds is 8. The molecule has 33 heavy (non-hydrogen) atoms. The molecule has 0 amide bonds. The van der Waals surface area contributed by atoms with Crippen molar-refractivity contribution in [1.29, 1.82) is 0 Å². The number of nitrogens with zero attached hydrogens (tertiary/aromatic N) is 3. The molecule has 1 atom stereocenters. The number of halogens is 1. The first-order chi connectivity index (χ1) is 15.8. The van der Waals surface area contributed by atoms with E-state index in [2.05, 4.69) is 15.4 Å². The minimum atomic E-state index is -0.640. The Hall–Kier alpha value is -3.46. The number of aromatic nitrogens is 3. The Bertz CT molecular complexity index is 1190. The highest BCUT2D eigenvalue weighted by atomic mass is 19.1. The SMILES string of the molecule is COC(=O)c1cc(F)ccc1C(C)Oc1cc(-c2c(C)nn(C)c2CNC2CC2)cnc1N. The molecular formula is C24H28FN5O3. The summed E-state index contributed by atoms with van der Waals surface area (Å²) in [5.41, 5.74) is 10.4. The van der Waals surface area contributed by atoms with Crippen molar-refractivity contribution >= 4 is 11.8 Å². The Kier molecular flexibility index (Phi) is 6.33. The fourth-order valence-electron chi connectivity index (χ4n) is 3.92. The number of carbonyl (C=O) groups is 1. The summed E-state index contributed by atoms with van der Waals surface area (Å²) in [7, 11) is 3.17. The third kappa shape index (κ3) is 4.83. The van der Waals surface area contributed by atoms with Gasteiger partial charge in [0.2, 0.25) is 0 Å². The molecule has 1 unspecified atom stereocenters. The molecule has 2 heterocycles. The quantitative estimate of drug-likeness (QED) is 0.501. The van der Waals surface area contributed by atoms with E-state index in [1.807, 2.05) is 24.7 Å². The van der Waals surface area contributed by atoms with Gasteiger partial charge in [0.15, 0.2) is 11.6 Å². The van der Waals surface area contributed by atoms with Gasteiger partial charge in [-0.1, -0.05) is 6.07 Å². The second-order valence-corrected chi connectivity index (χ2v) is 8.28. The molecule has 1 fully saturated rings. The number of esters is 1. The lowest BCUT2D eigenvalue weighted by Gasteiger charge is -2.19. The van der Waals surface area contributed by atoms with Crippen LogP contribution in [0.1, 0.15) is 53.2 Å². The van der Waals surface area contributed by atoms with Crippen molar-refractivity contribution in [3.63, 3.8) is 0 Å². The molecule has 1 saturated carbocycles. The van der Waals surface area contributed by atoms with Gasteiger partial charge >= 0.3 is 5.97 Å². The highest BCUT2D eigenvalue weighted by Crippen LogP contribution is 2.34. The monoisotopic (exact) mass is 453 g/mol. The highest BCUT2D eigenvalue weighted by molar-refractivity contribution is 5.91. The van der Waals surface area contributed by atoms with Gasteiger partial charge in [-0.2, -0.15) is 5.10 Å². The molecule has 4 rings (SSSR count). The van der Waals surface area contributed by atoms with Crippen molar-refractivity contribution in [2.75, 3.05) is 12.8 Å². The van der Waals surface area contributed by atoms with Crippen LogP contribution in [0.2, 0.25) is 0 Å². The van der Waals surface area contributed by atoms with E-state index < -0.39 is 17.9 Å². The standard InChI is InChI=1S/C24H28FN5O3/c1-13-22(20(30(3)29-13)12-27-17-6-7-17)15-9-21(23(26)28-11-15)33-14(2)18-8-5-16(25)10-19(18)24(31)32-4/h5,8-11,14,17,27H,6-7,12H2,1-4H3,(H2,26,28). The number of nitrogens with one attached hydrogen (secondary N) is 1. The maximum absolute atomic E-state index is 13.7. The van der Waals surface area contributed by atoms with Gasteiger partial charge in [-0.25, -0.2) is 14.2 Å². The minimum Gasteiger partial charge on any atom is -0.482 e. The van der Waals surface area contributed by atoms with Crippen molar-refractivity contribution in [2.24, 2.45) is 7.05 Å². The number of nitrogens with two attached hydrogens (primary N) is 1. The van der Waals surface area contributed by atoms with Crippen molar-refractivity contribution in [3.8, 4) is 16.9 Å². The van der Waals surface area contributed by atoms with Crippen molar-refractivity contribution in [1.82, 2.24) is 20.1 Å². The molecule has 0 saturated heterocycles. The first kappa shape index (κ1) is 22.7. The number of benzene rings is 1. The van der Waals surface area contributed by atoms with Crippen LogP contribution in [0.5, 0.6) is 5.75 Å². The largest absolute Gasteiger partial charge is 0.482 e. The predicted molar refractivity (Wildman–Crippen MR) is 122 cm³/mol. The fraction of sp³-hybridized carbons (Fsp3) is 0.375. The van der Waals surface area contributed by atoms with Crippen LogP contribution in [0.15, 0.2) is 30.5 Å². The molecule has 174 valence electrons. The van der Waals surface area contributed by atoms with E-state index in [-0.39, 0.29) is 11.4 Å². The molecule has 0 aliphatic heterocycles. The maximum atomic E-state index is 13.7. The Morgan fingerprint density at radius 3 is 2.82 bits per heavy atom. The van der Waals surface area contributed by atoms with E-state index >= 15 is 0 Å². The molecule has 1 aliphatic carbocycles. The van der Waals surface area contributed by atoms with Crippen molar-refractivity contribution in [3.05, 3.63) is 58.8 Å². The van der Waals surface area contributed by atoms with E-state index in [1.165, 1.54) is 32.1 Å². The zero-order valence-electron chi connectivity index (χ0n) is 19.2. The van der Waals surface area contributed by atoms with Crippen molar-refractivity contribution < 1.29 is 18.7 Å². The Morgan fingerprint density at radius 2 is 2.12 bits per heavy atom. The molecule has 0 spiro atoms. The second kappa shape index (κ2) is 9.19. The summed E-state index contributed by atoms with van der Waals surface area (Å²) in [5, 5.41) is 8.12. The van der Waals surface area contributed by atoms with Crippen LogP contribution >= 0.6 is 0 Å². The lowest BCUT2D eigenvalue weighted by atomic mass is 10.0. The zero-order valence-corrected chi connectivity index (χ0v) is 19.2. The molecule has 1 aromatic carbocycles.